The Morgan fingerprint density at radius 2 is 1.69 bits per heavy atom. The molecule has 1 aliphatic rings. The molecule has 0 unspecified atom stereocenters. The van der Waals surface area contributed by atoms with Gasteiger partial charge in [-0.15, -0.1) is 10.2 Å². The fourth-order valence-electron chi connectivity index (χ4n) is 4.17. The molecule has 1 saturated heterocycles. The zero-order valence-electron chi connectivity index (χ0n) is 20.6. The fourth-order valence-corrected chi connectivity index (χ4v) is 5.57. The van der Waals surface area contributed by atoms with Gasteiger partial charge in [0.25, 0.3) is 0 Å². The van der Waals surface area contributed by atoms with Crippen molar-refractivity contribution in [3.05, 3.63) is 66.7 Å². The highest BCUT2D eigenvalue weighted by atomic mass is 32.2. The van der Waals surface area contributed by atoms with Crippen LogP contribution in [0.15, 0.2) is 71.6 Å². The predicted octanol–water partition coefficient (Wildman–Crippen LogP) is 2.90. The molecule has 0 saturated carbocycles. The van der Waals surface area contributed by atoms with Gasteiger partial charge in [0.2, 0.25) is 15.9 Å². The highest BCUT2D eigenvalue weighted by molar-refractivity contribution is 7.89. The van der Waals surface area contributed by atoms with E-state index in [0.29, 0.717) is 25.4 Å². The Kier molecular flexibility index (Phi) is 8.17. The summed E-state index contributed by atoms with van der Waals surface area (Å²) < 4.78 is 32.5. The van der Waals surface area contributed by atoms with E-state index in [0.717, 1.165) is 30.0 Å². The lowest BCUT2D eigenvalue weighted by Gasteiger charge is -2.26. The van der Waals surface area contributed by atoms with Crippen LogP contribution in [0.2, 0.25) is 0 Å². The fraction of sp³-hybridized carbons (Fsp3) is 0.346. The van der Waals surface area contributed by atoms with Crippen molar-refractivity contribution < 1.29 is 17.9 Å². The Morgan fingerprint density at radius 1 is 0.944 bits per heavy atom. The van der Waals surface area contributed by atoms with Crippen LogP contribution < -0.4 is 9.64 Å². The molecule has 0 spiro atoms. The van der Waals surface area contributed by atoms with Crippen LogP contribution in [0.25, 0.3) is 11.3 Å². The largest absolute Gasteiger partial charge is 0.497 e. The van der Waals surface area contributed by atoms with Crippen LogP contribution in [0.4, 0.5) is 5.82 Å². The third-order valence-corrected chi connectivity index (χ3v) is 8.19. The molecule has 3 aromatic rings. The van der Waals surface area contributed by atoms with Crippen molar-refractivity contribution in [2.45, 2.75) is 18.2 Å². The Labute approximate surface area is 212 Å². The summed E-state index contributed by atoms with van der Waals surface area (Å²) in [6, 6.07) is 20.0. The zero-order valence-corrected chi connectivity index (χ0v) is 21.4. The highest BCUT2D eigenvalue weighted by Crippen LogP contribution is 2.21. The van der Waals surface area contributed by atoms with Crippen molar-refractivity contribution >= 4 is 21.7 Å². The van der Waals surface area contributed by atoms with Crippen molar-refractivity contribution in [2.75, 3.05) is 51.3 Å². The van der Waals surface area contributed by atoms with Crippen molar-refractivity contribution in [2.24, 2.45) is 0 Å². The quantitative estimate of drug-likeness (QED) is 0.461. The molecule has 190 valence electrons. The number of nitrogens with zero attached hydrogens (tertiary/aromatic N) is 5. The second-order valence-corrected chi connectivity index (χ2v) is 10.4. The normalized spacial score (nSPS) is 14.5. The van der Waals surface area contributed by atoms with E-state index in [1.54, 1.807) is 24.0 Å². The van der Waals surface area contributed by atoms with Gasteiger partial charge in [-0.25, -0.2) is 8.42 Å². The molecule has 2 heterocycles. The second-order valence-electron chi connectivity index (χ2n) is 8.47. The third-order valence-electron chi connectivity index (χ3n) is 6.25. The molecule has 36 heavy (non-hydrogen) atoms. The van der Waals surface area contributed by atoms with Crippen molar-refractivity contribution in [1.29, 1.82) is 0 Å². The van der Waals surface area contributed by atoms with Gasteiger partial charge >= 0.3 is 0 Å². The van der Waals surface area contributed by atoms with Crippen molar-refractivity contribution in [3.63, 3.8) is 0 Å². The molecule has 0 radical (unpaired) electrons. The molecule has 1 aliphatic heterocycles. The SMILES string of the molecule is CCN(CC(=O)N1CCCN(c2ccc(-c3ccccc3)nn2)CC1)S(=O)(=O)c1ccc(OC)cc1. The van der Waals surface area contributed by atoms with E-state index in [1.165, 1.54) is 23.5 Å². The Hall–Kier alpha value is -3.50. The number of hydrogen-bond donors (Lipinski definition) is 0. The second kappa shape index (κ2) is 11.5. The molecule has 9 nitrogen and oxygen atoms in total. The van der Waals surface area contributed by atoms with Gasteiger partial charge in [-0.1, -0.05) is 37.3 Å². The summed E-state index contributed by atoms with van der Waals surface area (Å²) >= 11 is 0. The van der Waals surface area contributed by atoms with Gasteiger partial charge in [0.05, 0.1) is 24.2 Å². The smallest absolute Gasteiger partial charge is 0.243 e. The van der Waals surface area contributed by atoms with Crippen molar-refractivity contribution in [1.82, 2.24) is 19.4 Å². The maximum atomic E-state index is 13.1. The summed E-state index contributed by atoms with van der Waals surface area (Å²) in [7, 11) is -2.28. The summed E-state index contributed by atoms with van der Waals surface area (Å²) in [5, 5.41) is 8.78. The first kappa shape index (κ1) is 25.6. The van der Waals surface area contributed by atoms with E-state index in [-0.39, 0.29) is 23.9 Å². The molecule has 1 aromatic heterocycles. The number of benzene rings is 2. The zero-order chi connectivity index (χ0) is 25.5. The lowest BCUT2D eigenvalue weighted by molar-refractivity contribution is -0.131. The van der Waals surface area contributed by atoms with E-state index >= 15 is 0 Å². The average molecular weight is 510 g/mol. The Morgan fingerprint density at radius 3 is 2.33 bits per heavy atom. The summed E-state index contributed by atoms with van der Waals surface area (Å²) in [6.07, 6.45) is 0.755. The van der Waals surface area contributed by atoms with Gasteiger partial charge in [-0.3, -0.25) is 4.79 Å². The van der Waals surface area contributed by atoms with Gasteiger partial charge in [0, 0.05) is 38.3 Å². The average Bonchev–Trinajstić information content (AvgIpc) is 3.19. The number of rotatable bonds is 8. The maximum absolute atomic E-state index is 13.1. The Balaban J connectivity index is 1.38. The summed E-state index contributed by atoms with van der Waals surface area (Å²) in [6.45, 7) is 4.12. The van der Waals surface area contributed by atoms with E-state index < -0.39 is 10.0 Å². The number of ether oxygens (including phenoxy) is 1. The van der Waals surface area contributed by atoms with E-state index in [4.69, 9.17) is 4.74 Å². The number of anilines is 1. The number of likely N-dealkylation sites (N-methyl/N-ethyl adjacent to an activating group) is 1. The molecule has 2 aromatic carbocycles. The molecule has 4 rings (SSSR count). The van der Waals surface area contributed by atoms with Gasteiger partial charge in [0.1, 0.15) is 5.75 Å². The molecule has 1 amide bonds. The monoisotopic (exact) mass is 509 g/mol. The van der Waals surface area contributed by atoms with Gasteiger partial charge in [-0.2, -0.15) is 4.31 Å². The van der Waals surface area contributed by atoms with Crippen LogP contribution in [-0.4, -0.2) is 80.1 Å². The number of hydrogen-bond acceptors (Lipinski definition) is 7. The Bertz CT molecular complexity index is 1250. The van der Waals surface area contributed by atoms with Crippen LogP contribution in [0.5, 0.6) is 5.75 Å². The van der Waals surface area contributed by atoms with Crippen LogP contribution >= 0.6 is 0 Å². The molecule has 0 atom stereocenters. The number of carbonyl (C=O) groups excluding carboxylic acids is 1. The summed E-state index contributed by atoms with van der Waals surface area (Å²) in [4.78, 5) is 17.1. The lowest BCUT2D eigenvalue weighted by Crippen LogP contribution is -2.44. The van der Waals surface area contributed by atoms with E-state index in [9.17, 15) is 13.2 Å². The van der Waals surface area contributed by atoms with Crippen LogP contribution in [0.3, 0.4) is 0 Å². The number of amides is 1. The first-order chi connectivity index (χ1) is 17.4. The highest BCUT2D eigenvalue weighted by Gasteiger charge is 2.28. The molecular weight excluding hydrogens is 478 g/mol. The van der Waals surface area contributed by atoms with Crippen LogP contribution in [-0.2, 0) is 14.8 Å². The van der Waals surface area contributed by atoms with Crippen LogP contribution in [0.1, 0.15) is 13.3 Å². The molecule has 0 bridgehead atoms. The standard InChI is InChI=1S/C26H31N5O4S/c1-3-31(36(33,34)23-12-10-22(35-2)11-13-23)20-26(32)30-17-7-16-29(18-19-30)25-15-14-24(27-28-25)21-8-5-4-6-9-21/h4-6,8-15H,3,7,16-20H2,1-2H3. The molecule has 0 N–H and O–H groups in total. The molecular formula is C26H31N5O4S. The third kappa shape index (κ3) is 5.83. The number of aromatic nitrogens is 2. The van der Waals surface area contributed by atoms with Gasteiger partial charge in [-0.05, 0) is 42.8 Å². The van der Waals surface area contributed by atoms with Crippen molar-refractivity contribution in [3.8, 4) is 17.0 Å². The predicted molar refractivity (Wildman–Crippen MR) is 138 cm³/mol. The maximum Gasteiger partial charge on any atom is 0.243 e. The lowest BCUT2D eigenvalue weighted by atomic mass is 10.1. The molecule has 0 aliphatic carbocycles. The number of carbonyl (C=O) groups is 1. The van der Waals surface area contributed by atoms with Crippen LogP contribution in [0, 0.1) is 0 Å². The molecule has 10 heteroatoms. The van der Waals surface area contributed by atoms with Gasteiger partial charge < -0.3 is 14.5 Å². The van der Waals surface area contributed by atoms with E-state index in [1.807, 2.05) is 42.5 Å². The molecule has 1 fully saturated rings. The minimum absolute atomic E-state index is 0.137. The van der Waals surface area contributed by atoms with Gasteiger partial charge in [0.15, 0.2) is 5.82 Å². The topological polar surface area (TPSA) is 95.9 Å². The summed E-state index contributed by atoms with van der Waals surface area (Å²) in [5.41, 5.74) is 1.82. The summed E-state index contributed by atoms with van der Waals surface area (Å²) in [5.74, 6) is 1.13. The first-order valence-corrected chi connectivity index (χ1v) is 13.4. The number of sulfonamides is 1. The minimum atomic E-state index is -3.80. The first-order valence-electron chi connectivity index (χ1n) is 12.0. The number of methoxy groups -OCH3 is 1. The minimum Gasteiger partial charge on any atom is -0.497 e. The van der Waals surface area contributed by atoms with E-state index in [2.05, 4.69) is 15.1 Å².